The van der Waals surface area contributed by atoms with E-state index < -0.39 is 14.5 Å². The van der Waals surface area contributed by atoms with Crippen LogP contribution >= 0.6 is 0 Å². The third-order valence-electron chi connectivity index (χ3n) is 6.92. The molecule has 0 radical (unpaired) electrons. The first-order valence-electron chi connectivity index (χ1n) is 10.8. The average molecular weight is 422 g/mol. The van der Waals surface area contributed by atoms with Crippen molar-refractivity contribution in [3.63, 3.8) is 0 Å². The molecule has 1 amide bonds. The molecular weight excluding hydrogens is 390 g/mol. The van der Waals surface area contributed by atoms with Crippen LogP contribution in [-0.4, -0.2) is 28.5 Å². The molecule has 1 aromatic carbocycles. The third kappa shape index (κ3) is 2.70. The van der Waals surface area contributed by atoms with Crippen LogP contribution in [0.25, 0.3) is 11.0 Å². The number of rotatable bonds is 5. The number of hydrogen-bond donors (Lipinski definition) is 1. The normalized spacial score (nSPS) is 17.1. The number of carbonyl (C=O) groups is 1. The molecule has 0 aliphatic carbocycles. The van der Waals surface area contributed by atoms with E-state index >= 15 is 0 Å². The number of amides is 1. The van der Waals surface area contributed by atoms with E-state index in [9.17, 15) is 9.90 Å². The Bertz CT molecular complexity index is 1070. The summed E-state index contributed by atoms with van der Waals surface area (Å²) in [6.45, 7) is 13.9. The number of hydrogen-bond acceptors (Lipinski definition) is 3. The number of para-hydroxylation sites is 1. The summed E-state index contributed by atoms with van der Waals surface area (Å²) < 4.78 is 2.41. The molecule has 0 saturated heterocycles. The molecule has 3 aromatic rings. The van der Waals surface area contributed by atoms with Gasteiger partial charge >= 0.3 is 0 Å². The zero-order valence-corrected chi connectivity index (χ0v) is 19.6. The van der Waals surface area contributed by atoms with Crippen molar-refractivity contribution in [3.05, 3.63) is 59.9 Å². The molecule has 3 heterocycles. The van der Waals surface area contributed by atoms with Crippen LogP contribution in [0.15, 0.2) is 48.8 Å². The molecule has 4 rings (SSSR count). The molecule has 1 aliphatic rings. The van der Waals surface area contributed by atoms with E-state index in [1.54, 1.807) is 6.20 Å². The quantitative estimate of drug-likeness (QED) is 0.537. The molecule has 2 aromatic heterocycles. The Labute approximate surface area is 179 Å². The van der Waals surface area contributed by atoms with E-state index in [2.05, 4.69) is 52.0 Å². The van der Waals surface area contributed by atoms with Crippen LogP contribution in [0.2, 0.25) is 16.6 Å². The van der Waals surface area contributed by atoms with E-state index in [-0.39, 0.29) is 5.91 Å². The van der Waals surface area contributed by atoms with Gasteiger partial charge in [-0.05, 0) is 41.0 Å². The van der Waals surface area contributed by atoms with Gasteiger partial charge in [-0.2, -0.15) is 0 Å². The fraction of sp³-hybridized carbons (Fsp3) is 0.417. The molecule has 1 unspecified atom stereocenters. The number of fused-ring (bicyclic) bond motifs is 3. The highest BCUT2D eigenvalue weighted by atomic mass is 28.3. The van der Waals surface area contributed by atoms with Gasteiger partial charge in [0.2, 0.25) is 0 Å². The predicted molar refractivity (Wildman–Crippen MR) is 124 cm³/mol. The summed E-state index contributed by atoms with van der Waals surface area (Å²) in [6, 6.07) is 11.4. The van der Waals surface area contributed by atoms with Gasteiger partial charge in [0, 0.05) is 22.8 Å². The van der Waals surface area contributed by atoms with Crippen LogP contribution < -0.4 is 4.90 Å². The summed E-state index contributed by atoms with van der Waals surface area (Å²) in [5.74, 6) is -0.167. The molecule has 1 aliphatic heterocycles. The summed E-state index contributed by atoms with van der Waals surface area (Å²) in [5, 5.41) is 11.8. The first-order valence-corrected chi connectivity index (χ1v) is 13.0. The summed E-state index contributed by atoms with van der Waals surface area (Å²) in [6.07, 6.45) is 2.81. The second kappa shape index (κ2) is 7.36. The van der Waals surface area contributed by atoms with Crippen molar-refractivity contribution in [3.8, 4) is 0 Å². The van der Waals surface area contributed by atoms with Crippen molar-refractivity contribution < 1.29 is 9.90 Å². The monoisotopic (exact) mass is 421 g/mol. The van der Waals surface area contributed by atoms with Crippen LogP contribution in [0.4, 0.5) is 5.69 Å². The Morgan fingerprint density at radius 1 is 0.967 bits per heavy atom. The van der Waals surface area contributed by atoms with Crippen molar-refractivity contribution in [2.75, 3.05) is 4.90 Å². The molecule has 0 bridgehead atoms. The minimum absolute atomic E-state index is 0.167. The largest absolute Gasteiger partial charge is 0.369 e. The molecule has 30 heavy (non-hydrogen) atoms. The van der Waals surface area contributed by atoms with E-state index in [1.807, 2.05) is 36.4 Å². The molecule has 0 fully saturated rings. The smallest absolute Gasteiger partial charge is 0.261 e. The summed E-state index contributed by atoms with van der Waals surface area (Å²) in [7, 11) is -2.00. The highest BCUT2D eigenvalue weighted by molar-refractivity contribution is 6.82. The Balaban J connectivity index is 1.93. The van der Waals surface area contributed by atoms with Crippen LogP contribution in [0.5, 0.6) is 0 Å². The number of aliphatic hydroxyl groups excluding tert-OH is 1. The van der Waals surface area contributed by atoms with Crippen LogP contribution in [0.3, 0.4) is 0 Å². The molecule has 5 nitrogen and oxygen atoms in total. The lowest BCUT2D eigenvalue weighted by molar-refractivity contribution is 0.0936. The minimum Gasteiger partial charge on any atom is -0.369 e. The van der Waals surface area contributed by atoms with Gasteiger partial charge in [0.05, 0.1) is 5.56 Å². The minimum atomic E-state index is -2.00. The van der Waals surface area contributed by atoms with Gasteiger partial charge in [-0.1, -0.05) is 59.7 Å². The van der Waals surface area contributed by atoms with E-state index in [0.717, 1.165) is 11.0 Å². The van der Waals surface area contributed by atoms with Crippen LogP contribution in [0, 0.1) is 0 Å². The Morgan fingerprint density at radius 3 is 2.13 bits per heavy atom. The van der Waals surface area contributed by atoms with Crippen molar-refractivity contribution in [1.82, 2.24) is 9.22 Å². The van der Waals surface area contributed by atoms with Gasteiger partial charge in [-0.15, -0.1) is 0 Å². The second-order valence-electron chi connectivity index (χ2n) is 9.25. The zero-order chi connectivity index (χ0) is 21.8. The van der Waals surface area contributed by atoms with E-state index in [1.165, 1.54) is 4.90 Å². The number of anilines is 1. The van der Waals surface area contributed by atoms with Crippen molar-refractivity contribution >= 4 is 30.9 Å². The van der Waals surface area contributed by atoms with Gasteiger partial charge in [0.15, 0.2) is 14.5 Å². The molecule has 158 valence electrons. The van der Waals surface area contributed by atoms with Crippen LogP contribution in [0.1, 0.15) is 63.7 Å². The summed E-state index contributed by atoms with van der Waals surface area (Å²) >= 11 is 0. The average Bonchev–Trinajstić information content (AvgIpc) is 3.22. The topological polar surface area (TPSA) is 58.4 Å². The summed E-state index contributed by atoms with van der Waals surface area (Å²) in [5.41, 5.74) is 4.27. The highest BCUT2D eigenvalue weighted by Crippen LogP contribution is 2.45. The van der Waals surface area contributed by atoms with Gasteiger partial charge in [-0.25, -0.2) is 4.98 Å². The first-order chi connectivity index (χ1) is 14.2. The number of pyridine rings is 1. The third-order valence-corrected chi connectivity index (χ3v) is 13.7. The molecule has 0 saturated carbocycles. The van der Waals surface area contributed by atoms with E-state index in [0.29, 0.717) is 33.4 Å². The number of aliphatic hydroxyl groups is 1. The molecule has 1 atom stereocenters. The lowest BCUT2D eigenvalue weighted by Gasteiger charge is -2.44. The number of nitrogens with zero attached hydrogens (tertiary/aromatic N) is 3. The highest BCUT2D eigenvalue weighted by Gasteiger charge is 2.47. The Hall–Kier alpha value is -2.44. The maximum absolute atomic E-state index is 13.4. The standard InChI is InChI=1S/C24H31N3O2Si/c1-15(2)30(16(3)4,17(5)6)26-13-12-19-21-20(14-25-22(19)26)23(28)27(24(21)29)18-10-8-7-9-11-18/h7-17,23,28H,1-6H3. The number of aromatic nitrogens is 2. The van der Waals surface area contributed by atoms with Gasteiger partial charge in [0.1, 0.15) is 5.65 Å². The first kappa shape index (κ1) is 20.8. The van der Waals surface area contributed by atoms with E-state index in [4.69, 9.17) is 4.98 Å². The second-order valence-corrected chi connectivity index (χ2v) is 15.0. The Kier molecular flexibility index (Phi) is 5.10. The zero-order valence-electron chi connectivity index (χ0n) is 18.6. The molecule has 1 N–H and O–H groups in total. The number of benzene rings is 1. The molecule has 6 heteroatoms. The van der Waals surface area contributed by atoms with Crippen LogP contribution in [-0.2, 0) is 0 Å². The fourth-order valence-corrected chi connectivity index (χ4v) is 12.4. The van der Waals surface area contributed by atoms with Crippen molar-refractivity contribution in [2.24, 2.45) is 0 Å². The maximum atomic E-state index is 13.4. The molecular formula is C24H31N3O2Si. The number of carbonyl (C=O) groups excluding carboxylic acids is 1. The predicted octanol–water partition coefficient (Wildman–Crippen LogP) is 5.71. The van der Waals surface area contributed by atoms with Crippen molar-refractivity contribution in [1.29, 1.82) is 0 Å². The van der Waals surface area contributed by atoms with Gasteiger partial charge in [0.25, 0.3) is 5.91 Å². The van der Waals surface area contributed by atoms with Gasteiger partial charge < -0.3 is 9.34 Å². The Morgan fingerprint density at radius 2 is 1.57 bits per heavy atom. The maximum Gasteiger partial charge on any atom is 0.261 e. The SMILES string of the molecule is CC(C)[Si](C(C)C)(C(C)C)n1ccc2c3c(cnc21)C(O)N(c1ccccc1)C3=O. The molecule has 0 spiro atoms. The lowest BCUT2D eigenvalue weighted by Crippen LogP contribution is -2.51. The van der Waals surface area contributed by atoms with Gasteiger partial charge in [-0.3, -0.25) is 9.69 Å². The lowest BCUT2D eigenvalue weighted by atomic mass is 10.1. The fourth-order valence-electron chi connectivity index (χ4n) is 5.90. The summed E-state index contributed by atoms with van der Waals surface area (Å²) in [4.78, 5) is 19.7. The van der Waals surface area contributed by atoms with Crippen molar-refractivity contribution in [2.45, 2.75) is 64.4 Å².